The van der Waals surface area contributed by atoms with Gasteiger partial charge in [-0.15, -0.1) is 11.8 Å². The molecular weight excluding hydrogens is 384 g/mol. The van der Waals surface area contributed by atoms with Crippen molar-refractivity contribution in [2.75, 3.05) is 16.9 Å². The summed E-state index contributed by atoms with van der Waals surface area (Å²) in [5.41, 5.74) is 8.86. The lowest BCUT2D eigenvalue weighted by Gasteiger charge is -2.23. The van der Waals surface area contributed by atoms with Gasteiger partial charge in [0.05, 0.1) is 29.5 Å². The summed E-state index contributed by atoms with van der Waals surface area (Å²) in [5.74, 6) is 0.330. The van der Waals surface area contributed by atoms with Crippen LogP contribution < -0.4 is 10.6 Å². The van der Waals surface area contributed by atoms with Crippen LogP contribution >= 0.6 is 11.8 Å². The molecule has 0 bridgehead atoms. The first-order chi connectivity index (χ1) is 14.1. The molecule has 0 spiro atoms. The zero-order chi connectivity index (χ0) is 20.4. The van der Waals surface area contributed by atoms with E-state index in [-0.39, 0.29) is 5.91 Å². The molecule has 7 nitrogen and oxygen atoms in total. The maximum absolute atomic E-state index is 13.3. The quantitative estimate of drug-likeness (QED) is 0.512. The number of aromatic nitrogens is 4. The van der Waals surface area contributed by atoms with E-state index in [1.807, 2.05) is 37.6 Å². The van der Waals surface area contributed by atoms with Crippen LogP contribution in [0.15, 0.2) is 66.1 Å². The Balaban J connectivity index is 1.77. The fourth-order valence-corrected chi connectivity index (χ4v) is 3.89. The molecule has 0 aliphatic rings. The number of fused-ring (bicyclic) bond motifs is 1. The number of hydrogen-bond acceptors (Lipinski definition) is 6. The molecule has 29 heavy (non-hydrogen) atoms. The van der Waals surface area contributed by atoms with Crippen LogP contribution in [0.2, 0.25) is 0 Å². The zero-order valence-corrected chi connectivity index (χ0v) is 16.9. The number of nitrogen functional groups attached to an aromatic ring is 1. The minimum absolute atomic E-state index is 0.137. The average molecular weight is 404 g/mol. The van der Waals surface area contributed by atoms with Gasteiger partial charge in [0.25, 0.3) is 5.91 Å². The Morgan fingerprint density at radius 2 is 2.03 bits per heavy atom. The van der Waals surface area contributed by atoms with Crippen LogP contribution in [0.4, 0.5) is 11.5 Å². The van der Waals surface area contributed by atoms with Crippen molar-refractivity contribution in [2.24, 2.45) is 7.05 Å². The van der Waals surface area contributed by atoms with E-state index < -0.39 is 0 Å². The molecule has 0 unspecified atom stereocenters. The van der Waals surface area contributed by atoms with Gasteiger partial charge in [0.1, 0.15) is 10.8 Å². The summed E-state index contributed by atoms with van der Waals surface area (Å²) < 4.78 is 1.77. The number of carbonyl (C=O) groups excluding carboxylic acids is 1. The number of thioether (sulfide) groups is 1. The van der Waals surface area contributed by atoms with E-state index in [1.165, 1.54) is 0 Å². The highest BCUT2D eigenvalue weighted by Gasteiger charge is 2.23. The number of hydrogen-bond donors (Lipinski definition) is 1. The zero-order valence-electron chi connectivity index (χ0n) is 16.1. The van der Waals surface area contributed by atoms with Gasteiger partial charge < -0.3 is 5.73 Å². The Morgan fingerprint density at radius 3 is 2.79 bits per heavy atom. The van der Waals surface area contributed by atoms with Gasteiger partial charge in [-0.1, -0.05) is 12.1 Å². The third-order valence-corrected chi connectivity index (χ3v) is 5.48. The van der Waals surface area contributed by atoms with Crippen LogP contribution in [0.1, 0.15) is 15.9 Å². The summed E-state index contributed by atoms with van der Waals surface area (Å²) in [5, 5.41) is 6.25. The van der Waals surface area contributed by atoms with Crippen LogP contribution in [-0.4, -0.2) is 31.9 Å². The molecule has 0 radical (unpaired) electrons. The number of benzene rings is 1. The lowest BCUT2D eigenvalue weighted by Crippen LogP contribution is -2.30. The lowest BCUT2D eigenvalue weighted by molar-refractivity contribution is 0.0984. The normalized spacial score (nSPS) is 11.0. The molecule has 0 saturated carbocycles. The minimum atomic E-state index is -0.137. The van der Waals surface area contributed by atoms with Crippen molar-refractivity contribution in [3.8, 4) is 0 Å². The number of rotatable bonds is 5. The van der Waals surface area contributed by atoms with Crippen LogP contribution in [-0.2, 0) is 13.6 Å². The first-order valence-corrected chi connectivity index (χ1v) is 10.2. The summed E-state index contributed by atoms with van der Waals surface area (Å²) in [4.78, 5) is 23.6. The minimum Gasteiger partial charge on any atom is -0.384 e. The molecule has 3 aromatic heterocycles. The molecule has 0 aliphatic heterocycles. The average Bonchev–Trinajstić information content (AvgIpc) is 3.12. The van der Waals surface area contributed by atoms with Crippen LogP contribution in [0.25, 0.3) is 10.9 Å². The largest absolute Gasteiger partial charge is 0.384 e. The Morgan fingerprint density at radius 1 is 1.21 bits per heavy atom. The SMILES string of the molecule is CSc1c(N(Cc2ccc3ccc(N)nc3c2)C(=O)c2cccnc2)cnn1C. The number of pyridine rings is 2. The summed E-state index contributed by atoms with van der Waals surface area (Å²) in [6.07, 6.45) is 6.92. The second-order valence-electron chi connectivity index (χ2n) is 6.56. The highest BCUT2D eigenvalue weighted by molar-refractivity contribution is 7.98. The molecule has 0 aliphatic carbocycles. The van der Waals surface area contributed by atoms with Gasteiger partial charge in [-0.05, 0) is 42.2 Å². The van der Waals surface area contributed by atoms with E-state index in [0.717, 1.165) is 27.2 Å². The Labute approximate surface area is 172 Å². The van der Waals surface area contributed by atoms with Crippen LogP contribution in [0, 0.1) is 0 Å². The molecule has 4 aromatic rings. The predicted octanol–water partition coefficient (Wildman–Crippen LogP) is 3.51. The van der Waals surface area contributed by atoms with E-state index in [2.05, 4.69) is 15.1 Å². The van der Waals surface area contributed by atoms with Crippen LogP contribution in [0.5, 0.6) is 0 Å². The topological polar surface area (TPSA) is 89.9 Å². The van der Waals surface area contributed by atoms with Crippen molar-refractivity contribution in [3.63, 3.8) is 0 Å². The van der Waals surface area contributed by atoms with E-state index in [9.17, 15) is 4.79 Å². The van der Waals surface area contributed by atoms with E-state index in [1.54, 1.807) is 58.1 Å². The second-order valence-corrected chi connectivity index (χ2v) is 7.35. The van der Waals surface area contributed by atoms with Gasteiger partial charge >= 0.3 is 0 Å². The molecule has 4 rings (SSSR count). The Hall–Kier alpha value is -3.39. The molecule has 0 saturated heterocycles. The van der Waals surface area contributed by atoms with E-state index in [0.29, 0.717) is 17.9 Å². The molecule has 8 heteroatoms. The second kappa shape index (κ2) is 7.92. The molecule has 0 atom stereocenters. The molecule has 1 aromatic carbocycles. The van der Waals surface area contributed by atoms with Gasteiger partial charge in [-0.2, -0.15) is 5.10 Å². The maximum atomic E-state index is 13.3. The fourth-order valence-electron chi connectivity index (χ4n) is 3.21. The van der Waals surface area contributed by atoms with Crippen molar-refractivity contribution in [3.05, 3.63) is 72.2 Å². The van der Waals surface area contributed by atoms with E-state index in [4.69, 9.17) is 5.73 Å². The first kappa shape index (κ1) is 18.9. The smallest absolute Gasteiger partial charge is 0.260 e. The molecule has 146 valence electrons. The van der Waals surface area contributed by atoms with E-state index >= 15 is 0 Å². The number of amides is 1. The number of anilines is 2. The number of nitrogens with zero attached hydrogens (tertiary/aromatic N) is 5. The molecule has 2 N–H and O–H groups in total. The number of nitrogens with two attached hydrogens (primary N) is 1. The van der Waals surface area contributed by atoms with Gasteiger partial charge in [0.15, 0.2) is 0 Å². The lowest BCUT2D eigenvalue weighted by atomic mass is 10.1. The monoisotopic (exact) mass is 404 g/mol. The number of aryl methyl sites for hydroxylation is 1. The van der Waals surface area contributed by atoms with Gasteiger partial charge in [-0.25, -0.2) is 4.98 Å². The van der Waals surface area contributed by atoms with Gasteiger partial charge in [0, 0.05) is 24.8 Å². The summed E-state index contributed by atoms with van der Waals surface area (Å²) >= 11 is 1.55. The highest BCUT2D eigenvalue weighted by Crippen LogP contribution is 2.30. The fraction of sp³-hybridized carbons (Fsp3) is 0.143. The van der Waals surface area contributed by atoms with Crippen molar-refractivity contribution in [1.29, 1.82) is 0 Å². The predicted molar refractivity (Wildman–Crippen MR) is 116 cm³/mol. The molecule has 3 heterocycles. The third-order valence-electron chi connectivity index (χ3n) is 4.62. The summed E-state index contributed by atoms with van der Waals surface area (Å²) in [6.45, 7) is 0.374. The van der Waals surface area contributed by atoms with Crippen LogP contribution in [0.3, 0.4) is 0 Å². The van der Waals surface area contributed by atoms with Crippen molar-refractivity contribution in [1.82, 2.24) is 19.7 Å². The van der Waals surface area contributed by atoms with Gasteiger partial charge in [-0.3, -0.25) is 19.4 Å². The Kier molecular flexibility index (Phi) is 5.18. The molecule has 1 amide bonds. The van der Waals surface area contributed by atoms with Crippen molar-refractivity contribution >= 4 is 40.1 Å². The summed E-state index contributed by atoms with van der Waals surface area (Å²) in [7, 11) is 1.87. The Bertz CT molecular complexity index is 1170. The molecule has 0 fully saturated rings. The van der Waals surface area contributed by atoms with Crippen molar-refractivity contribution < 1.29 is 4.79 Å². The summed E-state index contributed by atoms with van der Waals surface area (Å²) in [6, 6.07) is 13.2. The van der Waals surface area contributed by atoms with Crippen molar-refractivity contribution in [2.45, 2.75) is 11.6 Å². The maximum Gasteiger partial charge on any atom is 0.260 e. The number of carbonyl (C=O) groups is 1. The third kappa shape index (κ3) is 3.79. The highest BCUT2D eigenvalue weighted by atomic mass is 32.2. The molecular formula is C21H20N6OS. The first-order valence-electron chi connectivity index (χ1n) is 9.00. The standard InChI is InChI=1S/C21H20N6OS/c1-26-21(29-2)18(12-24-26)27(20(28)16-4-3-9-23-11-16)13-14-5-6-15-7-8-19(22)25-17(15)10-14/h3-12H,13H2,1-2H3,(H2,22,25). The van der Waals surface area contributed by atoms with Gasteiger partial charge in [0.2, 0.25) is 0 Å².